The maximum absolute atomic E-state index is 12.9. The summed E-state index contributed by atoms with van der Waals surface area (Å²) in [7, 11) is 3.25. The smallest absolute Gasteiger partial charge is 0.339 e. The van der Waals surface area contributed by atoms with Crippen LogP contribution >= 0.6 is 0 Å². The molecule has 0 aromatic carbocycles. The molecule has 0 aromatic rings. The van der Waals surface area contributed by atoms with Crippen LogP contribution in [0.1, 0.15) is 34.6 Å². The lowest BCUT2D eigenvalue weighted by molar-refractivity contribution is -0.323. The predicted molar refractivity (Wildman–Crippen MR) is 135 cm³/mol. The molecule has 0 aliphatic carbocycles. The minimum absolute atomic E-state index is 0.599. The number of nitrogens with one attached hydrogen (secondary N) is 2. The van der Waals surface area contributed by atoms with Gasteiger partial charge in [-0.05, 0) is 0 Å². The molecule has 18 nitrogen and oxygen atoms in total. The highest BCUT2D eigenvalue weighted by molar-refractivity contribution is 5.78. The Morgan fingerprint density at radius 2 is 0.907 bits per heavy atom. The van der Waals surface area contributed by atoms with Gasteiger partial charge in [-0.3, -0.25) is 24.0 Å². The van der Waals surface area contributed by atoms with Gasteiger partial charge in [0.15, 0.2) is 43.1 Å². The highest BCUT2D eigenvalue weighted by atomic mass is 16.7. The van der Waals surface area contributed by atoms with Crippen LogP contribution in [-0.2, 0) is 76.2 Å². The summed E-state index contributed by atoms with van der Waals surface area (Å²) < 4.78 is 48.6. The zero-order chi connectivity index (χ0) is 32.6. The van der Waals surface area contributed by atoms with Gasteiger partial charge < -0.3 is 53.3 Å². The molecule has 2 aliphatic rings. The Morgan fingerprint density at radius 1 is 0.535 bits per heavy atom. The second-order valence-electron chi connectivity index (χ2n) is 9.41. The molecule has 2 N–H and O–H groups in total. The fourth-order valence-corrected chi connectivity index (χ4v) is 4.66. The Kier molecular flexibility index (Phi) is 12.8. The van der Waals surface area contributed by atoms with Gasteiger partial charge in [0, 0.05) is 41.7 Å². The van der Waals surface area contributed by atoms with Crippen molar-refractivity contribution in [3.8, 4) is 0 Å². The second-order valence-corrected chi connectivity index (χ2v) is 9.41. The average molecular weight is 621 g/mol. The third-order valence-electron chi connectivity index (χ3n) is 6.14. The van der Waals surface area contributed by atoms with Crippen molar-refractivity contribution in [2.45, 2.75) is 95.9 Å². The van der Waals surface area contributed by atoms with Crippen molar-refractivity contribution < 1.29 is 76.2 Å². The van der Waals surface area contributed by atoms with Crippen LogP contribution in [0.5, 0.6) is 0 Å². The molecule has 2 amide bonds. The van der Waals surface area contributed by atoms with E-state index in [4.69, 9.17) is 42.6 Å². The number of methoxy groups -OCH3 is 3. The van der Waals surface area contributed by atoms with Gasteiger partial charge in [-0.15, -0.1) is 0 Å². The molecule has 0 radical (unpaired) electrons. The molecule has 2 fully saturated rings. The standard InChI is InChI=1S/C25H36N2O16/c1-9(28)26-14-16(38-11(3)30)19(21(23(34)36-7)42-24(14)37-8)41-25-15(27-10(2)29)17(39-12(4)31)18(40-13(5)32)20(43-25)22(33)35-6/h14-21,24-25H,1-8H3,(H,26,28)(H,27,29). The SMILES string of the molecule is COC(=O)C1OC(OC2C(C(=O)OC)OC(OC)C(NC(C)=O)C2OC(C)=O)C(NC(C)=O)C(OC(C)=O)C1OC(C)=O. The molecule has 0 spiro atoms. The highest BCUT2D eigenvalue weighted by Crippen LogP contribution is 2.33. The van der Waals surface area contributed by atoms with Crippen molar-refractivity contribution in [1.82, 2.24) is 10.6 Å². The van der Waals surface area contributed by atoms with Crippen LogP contribution in [0.15, 0.2) is 0 Å². The molecule has 43 heavy (non-hydrogen) atoms. The number of esters is 5. The number of rotatable bonds is 10. The van der Waals surface area contributed by atoms with Gasteiger partial charge in [0.2, 0.25) is 11.8 Å². The van der Waals surface area contributed by atoms with Crippen LogP contribution in [0.2, 0.25) is 0 Å². The fraction of sp³-hybridized carbons (Fsp3) is 0.720. The van der Waals surface area contributed by atoms with Gasteiger partial charge in [-0.2, -0.15) is 0 Å². The average Bonchev–Trinajstić information content (AvgIpc) is 2.91. The Morgan fingerprint density at radius 3 is 1.30 bits per heavy atom. The van der Waals surface area contributed by atoms with E-state index < -0.39 is 103 Å². The second kappa shape index (κ2) is 15.6. The number of carbonyl (C=O) groups is 7. The fourth-order valence-electron chi connectivity index (χ4n) is 4.66. The van der Waals surface area contributed by atoms with Crippen LogP contribution in [0.3, 0.4) is 0 Å². The van der Waals surface area contributed by atoms with Crippen LogP contribution < -0.4 is 10.6 Å². The van der Waals surface area contributed by atoms with E-state index in [0.29, 0.717) is 0 Å². The van der Waals surface area contributed by atoms with Gasteiger partial charge in [0.25, 0.3) is 0 Å². The first-order chi connectivity index (χ1) is 20.1. The molecule has 2 rings (SSSR count). The summed E-state index contributed by atoms with van der Waals surface area (Å²) in [6, 6.07) is -2.78. The number of carbonyl (C=O) groups excluding carboxylic acids is 7. The summed E-state index contributed by atoms with van der Waals surface area (Å²) in [6.45, 7) is 5.37. The molecule has 242 valence electrons. The Bertz CT molecular complexity index is 1080. The normalized spacial score (nSPS) is 31.9. The van der Waals surface area contributed by atoms with Crippen LogP contribution in [0, 0.1) is 0 Å². The van der Waals surface area contributed by atoms with Gasteiger partial charge >= 0.3 is 29.8 Å². The van der Waals surface area contributed by atoms with E-state index in [9.17, 15) is 33.6 Å². The quantitative estimate of drug-likeness (QED) is 0.192. The summed E-state index contributed by atoms with van der Waals surface area (Å²) in [4.78, 5) is 86.3. The third kappa shape index (κ3) is 9.06. The van der Waals surface area contributed by atoms with Crippen LogP contribution in [-0.4, -0.2) is 124 Å². The summed E-state index contributed by atoms with van der Waals surface area (Å²) in [5.74, 6) is -6.08. The molecular formula is C25H36N2O16. The first kappa shape index (κ1) is 35.3. The highest BCUT2D eigenvalue weighted by Gasteiger charge is 2.58. The predicted octanol–water partition coefficient (Wildman–Crippen LogP) is -2.38. The molecule has 18 heteroatoms. The van der Waals surface area contributed by atoms with E-state index >= 15 is 0 Å². The van der Waals surface area contributed by atoms with E-state index in [1.165, 1.54) is 7.11 Å². The van der Waals surface area contributed by atoms with Gasteiger partial charge in [-0.1, -0.05) is 0 Å². The Labute approximate surface area is 246 Å². The number of hydrogen-bond donors (Lipinski definition) is 2. The first-order valence-electron chi connectivity index (χ1n) is 12.9. The van der Waals surface area contributed by atoms with E-state index in [2.05, 4.69) is 10.6 Å². The number of hydrogen-bond acceptors (Lipinski definition) is 16. The molecule has 0 aromatic heterocycles. The molecule has 0 bridgehead atoms. The summed E-state index contributed by atoms with van der Waals surface area (Å²) in [5.41, 5.74) is 0. The zero-order valence-electron chi connectivity index (χ0n) is 24.8. The molecule has 2 aliphatic heterocycles. The summed E-state index contributed by atoms with van der Waals surface area (Å²) >= 11 is 0. The molecular weight excluding hydrogens is 584 g/mol. The molecule has 0 saturated carbocycles. The topological polar surface area (TPSA) is 227 Å². The van der Waals surface area contributed by atoms with Crippen molar-refractivity contribution in [3.63, 3.8) is 0 Å². The van der Waals surface area contributed by atoms with Gasteiger partial charge in [0.05, 0.1) is 14.2 Å². The van der Waals surface area contributed by atoms with E-state index in [1.807, 2.05) is 0 Å². The minimum Gasteiger partial charge on any atom is -0.467 e. The maximum atomic E-state index is 12.9. The first-order valence-corrected chi connectivity index (χ1v) is 12.9. The minimum atomic E-state index is -1.81. The van der Waals surface area contributed by atoms with E-state index in [0.717, 1.165) is 48.8 Å². The Hall–Kier alpha value is -3.87. The molecule has 10 atom stereocenters. The number of amides is 2. The van der Waals surface area contributed by atoms with Crippen molar-refractivity contribution >= 4 is 41.7 Å². The van der Waals surface area contributed by atoms with Crippen LogP contribution in [0.25, 0.3) is 0 Å². The van der Waals surface area contributed by atoms with Crippen molar-refractivity contribution in [1.29, 1.82) is 0 Å². The van der Waals surface area contributed by atoms with E-state index in [1.54, 1.807) is 0 Å². The number of ether oxygens (including phenoxy) is 9. The molecule has 10 unspecified atom stereocenters. The van der Waals surface area contributed by atoms with E-state index in [-0.39, 0.29) is 0 Å². The van der Waals surface area contributed by atoms with Crippen LogP contribution in [0.4, 0.5) is 0 Å². The Balaban J connectivity index is 2.73. The van der Waals surface area contributed by atoms with Crippen molar-refractivity contribution in [3.05, 3.63) is 0 Å². The lowest BCUT2D eigenvalue weighted by atomic mass is 9.93. The zero-order valence-corrected chi connectivity index (χ0v) is 24.8. The summed E-state index contributed by atoms with van der Waals surface area (Å²) in [5, 5.41) is 4.98. The third-order valence-corrected chi connectivity index (χ3v) is 6.14. The monoisotopic (exact) mass is 620 g/mol. The lowest BCUT2D eigenvalue weighted by Gasteiger charge is -2.48. The lowest BCUT2D eigenvalue weighted by Crippen LogP contribution is -2.71. The summed E-state index contributed by atoms with van der Waals surface area (Å²) in [6.07, 6.45) is -13.1. The molecule has 2 saturated heterocycles. The largest absolute Gasteiger partial charge is 0.467 e. The van der Waals surface area contributed by atoms with Crippen molar-refractivity contribution in [2.75, 3.05) is 21.3 Å². The van der Waals surface area contributed by atoms with Crippen molar-refractivity contribution in [2.24, 2.45) is 0 Å². The molecule has 2 heterocycles. The van der Waals surface area contributed by atoms with Gasteiger partial charge in [0.1, 0.15) is 18.2 Å². The maximum Gasteiger partial charge on any atom is 0.339 e. The van der Waals surface area contributed by atoms with Gasteiger partial charge in [-0.25, -0.2) is 9.59 Å².